The Kier molecular flexibility index (Phi) is 4.52. The van der Waals surface area contributed by atoms with E-state index in [2.05, 4.69) is 20.6 Å². The number of halogens is 3. The summed E-state index contributed by atoms with van der Waals surface area (Å²) < 4.78 is 37.4. The van der Waals surface area contributed by atoms with Gasteiger partial charge in [0.25, 0.3) is 0 Å². The molecule has 9 heteroatoms. The molecule has 0 radical (unpaired) electrons. The summed E-state index contributed by atoms with van der Waals surface area (Å²) in [7, 11) is 0. The van der Waals surface area contributed by atoms with Crippen LogP contribution in [0.1, 0.15) is 19.7 Å². The summed E-state index contributed by atoms with van der Waals surface area (Å²) in [6, 6.07) is 0.389. The minimum atomic E-state index is -4.69. The molecule has 0 aliphatic carbocycles. The van der Waals surface area contributed by atoms with Crippen LogP contribution in [0.5, 0.6) is 0 Å². The number of nitrogens with zero attached hydrogens (tertiary/aromatic N) is 2. The fourth-order valence-corrected chi connectivity index (χ4v) is 1.28. The molecular formula is C10H14F3N5O. The van der Waals surface area contributed by atoms with Crippen LogP contribution in [0.15, 0.2) is 6.07 Å². The van der Waals surface area contributed by atoms with E-state index in [0.29, 0.717) is 6.54 Å². The topological polar surface area (TPSA) is 92.9 Å². The number of nitrogens with one attached hydrogen (secondary N) is 2. The Labute approximate surface area is 107 Å². The summed E-state index contributed by atoms with van der Waals surface area (Å²) in [5.74, 6) is -2.18. The van der Waals surface area contributed by atoms with Crippen LogP contribution in [-0.4, -0.2) is 28.5 Å². The maximum absolute atomic E-state index is 12.5. The molecule has 0 aliphatic rings. The summed E-state index contributed by atoms with van der Waals surface area (Å²) in [5, 5.41) is 5.06. The van der Waals surface area contributed by atoms with Crippen LogP contribution in [0.3, 0.4) is 0 Å². The van der Waals surface area contributed by atoms with E-state index in [4.69, 9.17) is 5.73 Å². The van der Waals surface area contributed by atoms with Gasteiger partial charge in [-0.05, 0) is 13.8 Å². The first-order valence-corrected chi connectivity index (χ1v) is 5.50. The zero-order valence-corrected chi connectivity index (χ0v) is 10.4. The van der Waals surface area contributed by atoms with E-state index in [1.54, 1.807) is 6.92 Å². The number of rotatable bonds is 4. The third-order valence-corrected chi connectivity index (χ3v) is 2.11. The number of nitrogen functional groups attached to an aromatic ring is 1. The Morgan fingerprint density at radius 1 is 1.47 bits per heavy atom. The predicted octanol–water partition coefficient (Wildman–Crippen LogP) is 1.01. The van der Waals surface area contributed by atoms with E-state index in [1.807, 2.05) is 0 Å². The molecule has 0 aromatic carbocycles. The van der Waals surface area contributed by atoms with Gasteiger partial charge in [-0.15, -0.1) is 0 Å². The molecule has 0 spiro atoms. The third-order valence-electron chi connectivity index (χ3n) is 2.11. The zero-order valence-electron chi connectivity index (χ0n) is 10.4. The molecule has 1 rings (SSSR count). The summed E-state index contributed by atoms with van der Waals surface area (Å²) >= 11 is 0. The summed E-state index contributed by atoms with van der Waals surface area (Å²) in [5.41, 5.74) is 5.27. The fourth-order valence-electron chi connectivity index (χ4n) is 1.28. The molecule has 1 aromatic heterocycles. The maximum atomic E-state index is 12.5. The number of likely N-dealkylation sites (N-methyl/N-ethyl adjacent to an activating group) is 1. The summed E-state index contributed by atoms with van der Waals surface area (Å²) in [6.45, 7) is 3.65. The van der Waals surface area contributed by atoms with Crippen LogP contribution in [0.4, 0.5) is 24.8 Å². The number of nitrogens with two attached hydrogens (primary N) is 1. The second-order valence-corrected chi connectivity index (χ2v) is 3.76. The number of anilines is 2. The molecule has 1 heterocycles. The molecule has 0 aliphatic heterocycles. The smallest absolute Gasteiger partial charge is 0.384 e. The van der Waals surface area contributed by atoms with Gasteiger partial charge in [-0.25, -0.2) is 9.97 Å². The predicted molar refractivity (Wildman–Crippen MR) is 63.2 cm³/mol. The highest BCUT2D eigenvalue weighted by molar-refractivity contribution is 5.83. The molecule has 1 atom stereocenters. The highest BCUT2D eigenvalue weighted by atomic mass is 19.4. The van der Waals surface area contributed by atoms with Crippen molar-refractivity contribution in [3.8, 4) is 0 Å². The van der Waals surface area contributed by atoms with Crippen LogP contribution in [0.2, 0.25) is 0 Å². The van der Waals surface area contributed by atoms with Gasteiger partial charge in [0.15, 0.2) is 0 Å². The average Bonchev–Trinajstić information content (AvgIpc) is 2.27. The molecule has 0 fully saturated rings. The van der Waals surface area contributed by atoms with E-state index in [0.717, 1.165) is 6.07 Å². The normalized spacial score (nSPS) is 12.9. The van der Waals surface area contributed by atoms with Crippen LogP contribution in [0.25, 0.3) is 0 Å². The largest absolute Gasteiger partial charge is 0.451 e. The number of hydrogen-bond donors (Lipinski definition) is 3. The van der Waals surface area contributed by atoms with Gasteiger partial charge < -0.3 is 16.4 Å². The molecule has 106 valence electrons. The van der Waals surface area contributed by atoms with Crippen molar-refractivity contribution >= 4 is 17.5 Å². The number of carbonyl (C=O) groups is 1. The number of amides is 1. The zero-order chi connectivity index (χ0) is 14.6. The van der Waals surface area contributed by atoms with Gasteiger partial charge in [0.1, 0.15) is 17.7 Å². The Bertz CT molecular complexity index is 463. The minimum absolute atomic E-state index is 0.154. The molecule has 1 amide bonds. The molecule has 0 saturated heterocycles. The van der Waals surface area contributed by atoms with Gasteiger partial charge in [-0.3, -0.25) is 4.79 Å². The number of alkyl halides is 3. The van der Waals surface area contributed by atoms with Crippen molar-refractivity contribution in [2.24, 2.45) is 0 Å². The van der Waals surface area contributed by atoms with E-state index >= 15 is 0 Å². The monoisotopic (exact) mass is 277 g/mol. The van der Waals surface area contributed by atoms with Crippen molar-refractivity contribution in [2.75, 3.05) is 17.6 Å². The molecule has 0 bridgehead atoms. The molecule has 1 unspecified atom stereocenters. The number of hydrogen-bond acceptors (Lipinski definition) is 5. The highest BCUT2D eigenvalue weighted by Crippen LogP contribution is 2.27. The van der Waals surface area contributed by atoms with Gasteiger partial charge in [0, 0.05) is 12.6 Å². The molecule has 19 heavy (non-hydrogen) atoms. The lowest BCUT2D eigenvalue weighted by molar-refractivity contribution is -0.144. The van der Waals surface area contributed by atoms with Crippen LogP contribution >= 0.6 is 0 Å². The average molecular weight is 277 g/mol. The minimum Gasteiger partial charge on any atom is -0.384 e. The molecule has 0 saturated carbocycles. The second kappa shape index (κ2) is 5.72. The van der Waals surface area contributed by atoms with Gasteiger partial charge in [0.05, 0.1) is 0 Å². The van der Waals surface area contributed by atoms with Crippen molar-refractivity contribution in [1.29, 1.82) is 0 Å². The highest BCUT2D eigenvalue weighted by Gasteiger charge is 2.35. The van der Waals surface area contributed by atoms with E-state index in [9.17, 15) is 18.0 Å². The first kappa shape index (κ1) is 15.0. The SMILES string of the molecule is CCNC(=O)C(C)Nc1cc(N)nc(C(F)(F)F)n1. The quantitative estimate of drug-likeness (QED) is 0.764. The Morgan fingerprint density at radius 3 is 2.63 bits per heavy atom. The van der Waals surface area contributed by atoms with Gasteiger partial charge >= 0.3 is 6.18 Å². The number of carbonyl (C=O) groups excluding carboxylic acids is 1. The lowest BCUT2D eigenvalue weighted by atomic mass is 10.3. The van der Waals surface area contributed by atoms with Crippen molar-refractivity contribution in [2.45, 2.75) is 26.1 Å². The van der Waals surface area contributed by atoms with E-state index in [1.165, 1.54) is 6.92 Å². The van der Waals surface area contributed by atoms with E-state index < -0.39 is 18.0 Å². The van der Waals surface area contributed by atoms with Crippen molar-refractivity contribution in [3.63, 3.8) is 0 Å². The molecule has 6 nitrogen and oxygen atoms in total. The first-order chi connectivity index (χ1) is 8.74. The Hall–Kier alpha value is -2.06. The summed E-state index contributed by atoms with van der Waals surface area (Å²) in [4.78, 5) is 17.8. The first-order valence-electron chi connectivity index (χ1n) is 5.50. The van der Waals surface area contributed by atoms with Crippen molar-refractivity contribution in [3.05, 3.63) is 11.9 Å². The van der Waals surface area contributed by atoms with Gasteiger partial charge in [-0.1, -0.05) is 0 Å². The fraction of sp³-hybridized carbons (Fsp3) is 0.500. The van der Waals surface area contributed by atoms with Gasteiger partial charge in [0.2, 0.25) is 11.7 Å². The maximum Gasteiger partial charge on any atom is 0.451 e. The lowest BCUT2D eigenvalue weighted by Gasteiger charge is -2.15. The Morgan fingerprint density at radius 2 is 2.11 bits per heavy atom. The van der Waals surface area contributed by atoms with Gasteiger partial charge in [-0.2, -0.15) is 13.2 Å². The van der Waals surface area contributed by atoms with E-state index in [-0.39, 0.29) is 17.5 Å². The standard InChI is InChI=1S/C10H14F3N5O/c1-3-15-8(19)5(2)16-7-4-6(14)17-9(18-7)10(11,12)13/h4-5H,3H2,1-2H3,(H,15,19)(H3,14,16,17,18). The second-order valence-electron chi connectivity index (χ2n) is 3.76. The summed E-state index contributed by atoms with van der Waals surface area (Å²) in [6.07, 6.45) is -4.69. The molecule has 4 N–H and O–H groups in total. The van der Waals surface area contributed by atoms with Crippen molar-refractivity contribution in [1.82, 2.24) is 15.3 Å². The Balaban J connectivity index is 2.90. The van der Waals surface area contributed by atoms with Crippen LogP contribution < -0.4 is 16.4 Å². The van der Waals surface area contributed by atoms with Crippen molar-refractivity contribution < 1.29 is 18.0 Å². The number of aromatic nitrogens is 2. The third kappa shape index (κ3) is 4.27. The molecular weight excluding hydrogens is 263 g/mol. The van der Waals surface area contributed by atoms with Crippen LogP contribution in [0, 0.1) is 0 Å². The molecule has 1 aromatic rings. The van der Waals surface area contributed by atoms with Crippen LogP contribution in [-0.2, 0) is 11.0 Å². The lowest BCUT2D eigenvalue weighted by Crippen LogP contribution is -2.37.